The predicted molar refractivity (Wildman–Crippen MR) is 75.0 cm³/mol. The first-order valence-corrected chi connectivity index (χ1v) is 6.85. The highest BCUT2D eigenvalue weighted by atomic mass is 35.5. The van der Waals surface area contributed by atoms with Gasteiger partial charge in [-0.1, -0.05) is 17.7 Å². The van der Waals surface area contributed by atoms with E-state index in [4.69, 9.17) is 16.3 Å². The molecule has 6 heteroatoms. The fourth-order valence-corrected chi connectivity index (χ4v) is 2.91. The van der Waals surface area contributed by atoms with Gasteiger partial charge in [-0.05, 0) is 23.6 Å². The molecule has 3 nitrogen and oxygen atoms in total. The number of ether oxygens (including phenoxy) is 1. The fraction of sp³-hybridized carbons (Fsp3) is 0.143. The molecule has 20 heavy (non-hydrogen) atoms. The average Bonchev–Trinajstić information content (AvgIpc) is 2.90. The van der Waals surface area contributed by atoms with Crippen LogP contribution in [0.15, 0.2) is 29.6 Å². The van der Waals surface area contributed by atoms with Crippen LogP contribution < -0.4 is 4.74 Å². The van der Waals surface area contributed by atoms with Gasteiger partial charge in [0.15, 0.2) is 5.78 Å². The summed E-state index contributed by atoms with van der Waals surface area (Å²) in [5.74, 6) is -2.12. The topological polar surface area (TPSA) is 50.1 Å². The summed E-state index contributed by atoms with van der Waals surface area (Å²) < 4.78 is 18.9. The van der Waals surface area contributed by atoms with Crippen molar-refractivity contribution in [2.75, 3.05) is 7.11 Å². The molecule has 0 fully saturated rings. The van der Waals surface area contributed by atoms with E-state index < -0.39 is 17.5 Å². The number of rotatable bonds is 4. The Morgan fingerprint density at radius 2 is 2.25 bits per heavy atom. The highest BCUT2D eigenvalue weighted by molar-refractivity contribution is 7.12. The van der Waals surface area contributed by atoms with Gasteiger partial charge >= 0.3 is 0 Å². The Hall–Kier alpha value is -1.90. The van der Waals surface area contributed by atoms with Gasteiger partial charge in [0.05, 0.1) is 13.2 Å². The van der Waals surface area contributed by atoms with Crippen molar-refractivity contribution in [1.82, 2.24) is 0 Å². The average molecular weight is 310 g/mol. The molecule has 0 amide bonds. The van der Waals surface area contributed by atoms with Crippen LogP contribution in [0.3, 0.4) is 0 Å². The van der Waals surface area contributed by atoms with Crippen LogP contribution >= 0.6 is 22.9 Å². The zero-order valence-electron chi connectivity index (χ0n) is 10.4. The summed E-state index contributed by atoms with van der Waals surface area (Å²) in [6.07, 6.45) is 0. The molecular weight excluding hydrogens is 301 g/mol. The third kappa shape index (κ3) is 2.53. The van der Waals surface area contributed by atoms with Crippen molar-refractivity contribution in [3.63, 3.8) is 0 Å². The SMILES string of the molecule is COc1ccsc1C(=O)C(C#N)c1c(F)cccc1Cl. The summed E-state index contributed by atoms with van der Waals surface area (Å²) in [5.41, 5.74) is -0.0999. The molecule has 0 bridgehead atoms. The maximum atomic E-state index is 13.9. The summed E-state index contributed by atoms with van der Waals surface area (Å²) >= 11 is 7.05. The first-order chi connectivity index (χ1) is 9.60. The second-order valence-corrected chi connectivity index (χ2v) is 5.20. The van der Waals surface area contributed by atoms with Gasteiger partial charge in [0.1, 0.15) is 22.4 Å². The number of Topliss-reactive ketones (excluding diaryl/α,β-unsaturated/α-hetero) is 1. The van der Waals surface area contributed by atoms with Crippen molar-refractivity contribution >= 4 is 28.7 Å². The van der Waals surface area contributed by atoms with E-state index in [1.54, 1.807) is 11.4 Å². The Morgan fingerprint density at radius 3 is 2.85 bits per heavy atom. The first-order valence-electron chi connectivity index (χ1n) is 5.59. The first kappa shape index (κ1) is 14.5. The summed E-state index contributed by atoms with van der Waals surface area (Å²) in [5, 5.41) is 11.0. The van der Waals surface area contributed by atoms with E-state index in [0.717, 1.165) is 11.3 Å². The van der Waals surface area contributed by atoms with Crippen LogP contribution in [0.1, 0.15) is 21.2 Å². The molecule has 0 radical (unpaired) electrons. The van der Waals surface area contributed by atoms with E-state index in [2.05, 4.69) is 0 Å². The molecule has 0 N–H and O–H groups in total. The highest BCUT2D eigenvalue weighted by Crippen LogP contribution is 2.34. The van der Waals surface area contributed by atoms with Crippen LogP contribution in [0.2, 0.25) is 5.02 Å². The van der Waals surface area contributed by atoms with Gasteiger partial charge in [-0.25, -0.2) is 4.39 Å². The van der Waals surface area contributed by atoms with Gasteiger partial charge in [0.2, 0.25) is 0 Å². The molecule has 1 aromatic heterocycles. The second kappa shape index (κ2) is 6.04. The zero-order valence-corrected chi connectivity index (χ0v) is 12.0. The molecule has 0 aliphatic rings. The van der Waals surface area contributed by atoms with Gasteiger partial charge in [0, 0.05) is 10.6 Å². The lowest BCUT2D eigenvalue weighted by atomic mass is 9.94. The van der Waals surface area contributed by atoms with Gasteiger partial charge in [-0.2, -0.15) is 5.26 Å². The molecule has 2 rings (SSSR count). The fourth-order valence-electron chi connectivity index (χ4n) is 1.81. The number of methoxy groups -OCH3 is 1. The largest absolute Gasteiger partial charge is 0.495 e. The minimum absolute atomic E-state index is 0.0559. The van der Waals surface area contributed by atoms with Gasteiger partial charge in [0.25, 0.3) is 0 Å². The third-order valence-electron chi connectivity index (χ3n) is 2.75. The predicted octanol–water partition coefficient (Wildman–Crippen LogP) is 4.04. The summed E-state index contributed by atoms with van der Waals surface area (Å²) in [7, 11) is 1.43. The second-order valence-electron chi connectivity index (χ2n) is 3.88. The minimum Gasteiger partial charge on any atom is -0.495 e. The Kier molecular flexibility index (Phi) is 4.38. The van der Waals surface area contributed by atoms with Gasteiger partial charge < -0.3 is 4.74 Å². The lowest BCUT2D eigenvalue weighted by Gasteiger charge is -2.11. The van der Waals surface area contributed by atoms with Crippen molar-refractivity contribution in [3.05, 3.63) is 50.9 Å². The quantitative estimate of drug-likeness (QED) is 0.801. The number of hydrogen-bond donors (Lipinski definition) is 0. The molecular formula is C14H9ClFNO2S. The highest BCUT2D eigenvalue weighted by Gasteiger charge is 2.29. The van der Waals surface area contributed by atoms with E-state index in [-0.39, 0.29) is 15.5 Å². The Labute approximate surface area is 124 Å². The van der Waals surface area contributed by atoms with Crippen LogP contribution in [0, 0.1) is 17.1 Å². The van der Waals surface area contributed by atoms with Crippen molar-refractivity contribution in [2.45, 2.75) is 5.92 Å². The Morgan fingerprint density at radius 1 is 1.50 bits per heavy atom. The minimum atomic E-state index is -1.30. The number of benzene rings is 1. The van der Waals surface area contributed by atoms with Crippen LogP contribution in [-0.2, 0) is 0 Å². The normalized spacial score (nSPS) is 11.7. The van der Waals surface area contributed by atoms with Crippen LogP contribution in [0.5, 0.6) is 5.75 Å². The molecule has 102 valence electrons. The molecule has 1 aromatic carbocycles. The number of hydrogen-bond acceptors (Lipinski definition) is 4. The van der Waals surface area contributed by atoms with E-state index in [1.165, 1.54) is 25.3 Å². The van der Waals surface area contributed by atoms with Crippen LogP contribution in [0.4, 0.5) is 4.39 Å². The third-order valence-corrected chi connectivity index (χ3v) is 3.99. The van der Waals surface area contributed by atoms with Crippen molar-refractivity contribution in [3.8, 4) is 11.8 Å². The molecule has 1 unspecified atom stereocenters. The van der Waals surface area contributed by atoms with Crippen molar-refractivity contribution in [2.24, 2.45) is 0 Å². The lowest BCUT2D eigenvalue weighted by Crippen LogP contribution is -2.13. The van der Waals surface area contributed by atoms with Gasteiger partial charge in [-0.15, -0.1) is 11.3 Å². The molecule has 1 heterocycles. The molecule has 2 aromatic rings. The standard InChI is InChI=1S/C14H9ClFNO2S/c1-19-11-5-6-20-14(11)13(18)8(7-17)12-9(15)3-2-4-10(12)16/h2-6,8H,1H3. The number of thiophene rings is 1. The van der Waals surface area contributed by atoms with E-state index in [1.807, 2.05) is 6.07 Å². The monoisotopic (exact) mass is 309 g/mol. The number of halogens is 2. The maximum absolute atomic E-state index is 13.9. The zero-order chi connectivity index (χ0) is 14.7. The maximum Gasteiger partial charge on any atom is 0.198 e. The number of nitrogens with zero attached hydrogens (tertiary/aromatic N) is 1. The van der Waals surface area contributed by atoms with Crippen molar-refractivity contribution < 1.29 is 13.9 Å². The molecule has 0 aliphatic carbocycles. The Balaban J connectivity index is 2.49. The molecule has 0 saturated heterocycles. The summed E-state index contributed by atoms with van der Waals surface area (Å²) in [6, 6.07) is 7.48. The van der Waals surface area contributed by atoms with Crippen LogP contribution in [0.25, 0.3) is 0 Å². The number of ketones is 1. The number of carbonyl (C=O) groups excluding carboxylic acids is 1. The van der Waals surface area contributed by atoms with E-state index in [0.29, 0.717) is 5.75 Å². The lowest BCUT2D eigenvalue weighted by molar-refractivity contribution is 0.0979. The number of carbonyl (C=O) groups is 1. The molecule has 0 aliphatic heterocycles. The van der Waals surface area contributed by atoms with Crippen molar-refractivity contribution in [1.29, 1.82) is 5.26 Å². The molecule has 0 saturated carbocycles. The Bertz CT molecular complexity index is 672. The summed E-state index contributed by atoms with van der Waals surface area (Å²) in [4.78, 5) is 12.7. The number of nitriles is 1. The molecule has 0 spiro atoms. The van der Waals surface area contributed by atoms with Gasteiger partial charge in [-0.3, -0.25) is 4.79 Å². The van der Waals surface area contributed by atoms with E-state index >= 15 is 0 Å². The summed E-state index contributed by atoms with van der Waals surface area (Å²) in [6.45, 7) is 0. The van der Waals surface area contributed by atoms with Crippen LogP contribution in [-0.4, -0.2) is 12.9 Å². The smallest absolute Gasteiger partial charge is 0.198 e. The van der Waals surface area contributed by atoms with E-state index in [9.17, 15) is 14.4 Å². The molecule has 1 atom stereocenters.